The molecule has 0 N–H and O–H groups in total. The fourth-order valence-corrected chi connectivity index (χ4v) is 0.499. The quantitative estimate of drug-likeness (QED) is 0.459. The standard InChI is InChI=1S/C5H3BClN/c6-5-2-1-4(7)3-8-5/h1-3H. The van der Waals surface area contributed by atoms with Gasteiger partial charge in [-0.3, -0.25) is 4.98 Å². The number of rotatable bonds is 0. The van der Waals surface area contributed by atoms with Gasteiger partial charge in [0.25, 0.3) is 0 Å². The first-order valence-corrected chi connectivity index (χ1v) is 2.54. The van der Waals surface area contributed by atoms with Gasteiger partial charge >= 0.3 is 0 Å². The first-order chi connectivity index (χ1) is 3.79. The lowest BCUT2D eigenvalue weighted by Crippen LogP contribution is -2.04. The van der Waals surface area contributed by atoms with Gasteiger partial charge in [0.05, 0.1) is 5.02 Å². The van der Waals surface area contributed by atoms with Gasteiger partial charge in [-0.2, -0.15) is 0 Å². The lowest BCUT2D eigenvalue weighted by Gasteiger charge is -1.87. The van der Waals surface area contributed by atoms with E-state index >= 15 is 0 Å². The second-order valence-corrected chi connectivity index (χ2v) is 1.84. The maximum absolute atomic E-state index is 5.49. The van der Waals surface area contributed by atoms with Crippen LogP contribution in [0.4, 0.5) is 0 Å². The molecule has 3 heteroatoms. The Kier molecular flexibility index (Phi) is 1.54. The topological polar surface area (TPSA) is 12.9 Å². The summed E-state index contributed by atoms with van der Waals surface area (Å²) >= 11 is 5.49. The zero-order valence-corrected chi connectivity index (χ0v) is 4.89. The van der Waals surface area contributed by atoms with E-state index in [9.17, 15) is 0 Å². The molecule has 1 aromatic rings. The predicted molar refractivity (Wildman–Crippen MR) is 34.6 cm³/mol. The van der Waals surface area contributed by atoms with Gasteiger partial charge in [-0.25, -0.2) is 0 Å². The van der Waals surface area contributed by atoms with Crippen molar-refractivity contribution in [3.63, 3.8) is 0 Å². The Hall–Kier alpha value is -0.495. The Morgan fingerprint density at radius 3 is 2.62 bits per heavy atom. The summed E-state index contributed by atoms with van der Waals surface area (Å²) in [7, 11) is 5.26. The maximum atomic E-state index is 5.49. The molecule has 0 aliphatic heterocycles. The minimum atomic E-state index is 0.495. The molecule has 8 heavy (non-hydrogen) atoms. The van der Waals surface area contributed by atoms with Crippen LogP contribution in [0, 0.1) is 0 Å². The minimum Gasteiger partial charge on any atom is -0.271 e. The van der Waals surface area contributed by atoms with E-state index in [0.717, 1.165) is 0 Å². The van der Waals surface area contributed by atoms with Gasteiger partial charge in [-0.15, -0.1) is 0 Å². The highest BCUT2D eigenvalue weighted by Gasteiger charge is 1.83. The van der Waals surface area contributed by atoms with Gasteiger partial charge in [-0.1, -0.05) is 17.7 Å². The average Bonchev–Trinajstić information content (AvgIpc) is 1.77. The molecule has 0 amide bonds. The molecular formula is C5H3BClN. The summed E-state index contributed by atoms with van der Waals surface area (Å²) in [6.45, 7) is 0. The fourth-order valence-electron chi connectivity index (χ4n) is 0.387. The van der Waals surface area contributed by atoms with Crippen molar-refractivity contribution >= 4 is 25.0 Å². The van der Waals surface area contributed by atoms with Crippen molar-refractivity contribution in [1.29, 1.82) is 0 Å². The van der Waals surface area contributed by atoms with Crippen LogP contribution in [-0.2, 0) is 0 Å². The first-order valence-electron chi connectivity index (χ1n) is 2.16. The summed E-state index contributed by atoms with van der Waals surface area (Å²) < 4.78 is 0. The Balaban J connectivity index is 3.03. The van der Waals surface area contributed by atoms with E-state index in [1.54, 1.807) is 12.1 Å². The SMILES string of the molecule is [B]c1ccc(Cl)cn1. The zero-order valence-electron chi connectivity index (χ0n) is 4.13. The van der Waals surface area contributed by atoms with Crippen LogP contribution in [0.2, 0.25) is 5.02 Å². The lowest BCUT2D eigenvalue weighted by molar-refractivity contribution is 1.39. The second-order valence-electron chi connectivity index (χ2n) is 1.40. The molecule has 0 aliphatic rings. The van der Waals surface area contributed by atoms with Gasteiger partial charge in [0.1, 0.15) is 7.85 Å². The van der Waals surface area contributed by atoms with Crippen molar-refractivity contribution in [2.45, 2.75) is 0 Å². The molecule has 38 valence electrons. The maximum Gasteiger partial charge on any atom is 0.141 e. The molecule has 0 fully saturated rings. The highest BCUT2D eigenvalue weighted by Crippen LogP contribution is 2.00. The molecule has 0 saturated heterocycles. The second kappa shape index (κ2) is 2.18. The van der Waals surface area contributed by atoms with E-state index in [1.807, 2.05) is 0 Å². The van der Waals surface area contributed by atoms with Gasteiger partial charge in [0.15, 0.2) is 0 Å². The van der Waals surface area contributed by atoms with Crippen LogP contribution >= 0.6 is 11.6 Å². The van der Waals surface area contributed by atoms with Crippen LogP contribution in [0.3, 0.4) is 0 Å². The predicted octanol–water partition coefficient (Wildman–Crippen LogP) is 0.529. The first kappa shape index (κ1) is 5.64. The highest BCUT2D eigenvalue weighted by atomic mass is 35.5. The van der Waals surface area contributed by atoms with Crippen molar-refractivity contribution in [3.05, 3.63) is 23.4 Å². The molecule has 1 rings (SSSR count). The minimum absolute atomic E-state index is 0.495. The smallest absolute Gasteiger partial charge is 0.141 e. The number of hydrogen-bond acceptors (Lipinski definition) is 1. The normalized spacial score (nSPS) is 9.12. The third-order valence-electron chi connectivity index (χ3n) is 0.750. The molecule has 0 spiro atoms. The summed E-state index contributed by atoms with van der Waals surface area (Å²) in [5, 5.41) is 0.610. The Morgan fingerprint density at radius 1 is 1.50 bits per heavy atom. The molecule has 1 aromatic heterocycles. The van der Waals surface area contributed by atoms with Crippen LogP contribution in [0.15, 0.2) is 18.3 Å². The third kappa shape index (κ3) is 1.24. The van der Waals surface area contributed by atoms with Gasteiger partial charge in [0.2, 0.25) is 0 Å². The number of nitrogens with zero attached hydrogens (tertiary/aromatic N) is 1. The van der Waals surface area contributed by atoms with Crippen LogP contribution in [0.5, 0.6) is 0 Å². The molecule has 0 unspecified atom stereocenters. The number of pyridine rings is 1. The molecule has 0 atom stereocenters. The Bertz CT molecular complexity index is 151. The molecule has 2 radical (unpaired) electrons. The molecule has 1 nitrogen and oxygen atoms in total. The largest absolute Gasteiger partial charge is 0.271 e. The number of hydrogen-bond donors (Lipinski definition) is 0. The summed E-state index contributed by atoms with van der Waals surface area (Å²) in [4.78, 5) is 3.72. The monoisotopic (exact) mass is 123 g/mol. The van der Waals surface area contributed by atoms with Crippen LogP contribution in [0.1, 0.15) is 0 Å². The van der Waals surface area contributed by atoms with E-state index in [0.29, 0.717) is 10.6 Å². The van der Waals surface area contributed by atoms with E-state index in [1.165, 1.54) is 6.20 Å². The zero-order chi connectivity index (χ0) is 5.98. The molecule has 0 saturated carbocycles. The summed E-state index contributed by atoms with van der Waals surface area (Å²) in [6.07, 6.45) is 1.51. The molecule has 0 bridgehead atoms. The van der Waals surface area contributed by atoms with E-state index in [-0.39, 0.29) is 0 Å². The van der Waals surface area contributed by atoms with Gasteiger partial charge in [0, 0.05) is 6.20 Å². The third-order valence-corrected chi connectivity index (χ3v) is 0.974. The summed E-state index contributed by atoms with van der Waals surface area (Å²) in [5.41, 5.74) is 0.495. The summed E-state index contributed by atoms with van der Waals surface area (Å²) in [6, 6.07) is 3.35. The lowest BCUT2D eigenvalue weighted by atomic mass is 10.1. The Morgan fingerprint density at radius 2 is 2.25 bits per heavy atom. The van der Waals surface area contributed by atoms with Crippen LogP contribution in [0.25, 0.3) is 0 Å². The number of halogens is 1. The molecule has 0 aromatic carbocycles. The van der Waals surface area contributed by atoms with Crippen LogP contribution in [-0.4, -0.2) is 12.8 Å². The highest BCUT2D eigenvalue weighted by molar-refractivity contribution is 6.32. The van der Waals surface area contributed by atoms with Crippen molar-refractivity contribution < 1.29 is 0 Å². The van der Waals surface area contributed by atoms with E-state index in [2.05, 4.69) is 4.98 Å². The van der Waals surface area contributed by atoms with Crippen LogP contribution < -0.4 is 5.59 Å². The van der Waals surface area contributed by atoms with Gasteiger partial charge < -0.3 is 0 Å². The molecule has 0 aliphatic carbocycles. The molecule has 1 heterocycles. The number of aromatic nitrogens is 1. The van der Waals surface area contributed by atoms with Crippen molar-refractivity contribution in [1.82, 2.24) is 4.98 Å². The Labute approximate surface area is 54.1 Å². The fraction of sp³-hybridized carbons (Fsp3) is 0. The van der Waals surface area contributed by atoms with Crippen molar-refractivity contribution in [2.75, 3.05) is 0 Å². The average molecular weight is 123 g/mol. The van der Waals surface area contributed by atoms with Crippen molar-refractivity contribution in [2.24, 2.45) is 0 Å². The van der Waals surface area contributed by atoms with E-state index in [4.69, 9.17) is 19.4 Å². The molecular weight excluding hydrogens is 120 g/mol. The van der Waals surface area contributed by atoms with Crippen molar-refractivity contribution in [3.8, 4) is 0 Å². The summed E-state index contributed by atoms with van der Waals surface area (Å²) in [5.74, 6) is 0. The van der Waals surface area contributed by atoms with Gasteiger partial charge in [-0.05, 0) is 11.7 Å². The van der Waals surface area contributed by atoms with E-state index < -0.39 is 0 Å².